The first-order valence-corrected chi connectivity index (χ1v) is 7.66. The Balaban J connectivity index is 1.52. The van der Waals surface area contributed by atoms with Gasteiger partial charge in [-0.15, -0.1) is 0 Å². The number of nitrogens with two attached hydrogens (primary N) is 1. The monoisotopic (exact) mass is 306 g/mol. The fourth-order valence-corrected chi connectivity index (χ4v) is 2.91. The zero-order chi connectivity index (χ0) is 15.6. The van der Waals surface area contributed by atoms with E-state index in [2.05, 4.69) is 29.6 Å². The Morgan fingerprint density at radius 1 is 0.957 bits per heavy atom. The van der Waals surface area contributed by atoms with Crippen molar-refractivity contribution in [2.75, 3.05) is 6.79 Å². The Hall–Kier alpha value is -2.56. The van der Waals surface area contributed by atoms with E-state index in [1.807, 2.05) is 36.4 Å². The van der Waals surface area contributed by atoms with E-state index in [1.54, 1.807) is 0 Å². The third-order valence-electron chi connectivity index (χ3n) is 4.12. The van der Waals surface area contributed by atoms with Gasteiger partial charge < -0.3 is 15.2 Å². The largest absolute Gasteiger partial charge is 0.454 e. The molecule has 1 atom stereocenters. The summed E-state index contributed by atoms with van der Waals surface area (Å²) >= 11 is 0. The van der Waals surface area contributed by atoms with Crippen LogP contribution in [-0.4, -0.2) is 6.79 Å². The van der Waals surface area contributed by atoms with Crippen molar-refractivity contribution in [3.8, 4) is 11.5 Å². The van der Waals surface area contributed by atoms with Crippen LogP contribution in [0.1, 0.15) is 17.3 Å². The highest BCUT2D eigenvalue weighted by Crippen LogP contribution is 2.32. The molecule has 0 radical (unpaired) electrons. The lowest BCUT2D eigenvalue weighted by atomic mass is 10.0. The van der Waals surface area contributed by atoms with E-state index < -0.39 is 0 Å². The third kappa shape index (κ3) is 2.74. The minimum absolute atomic E-state index is 0.230. The lowest BCUT2D eigenvalue weighted by Gasteiger charge is -2.16. The number of fused-ring (bicyclic) bond motifs is 2. The van der Waals surface area contributed by atoms with Crippen LogP contribution in [0.5, 0.6) is 11.5 Å². The van der Waals surface area contributed by atoms with Gasteiger partial charge in [-0.05, 0) is 34.0 Å². The molecule has 0 amide bonds. The zero-order valence-electron chi connectivity index (χ0n) is 12.7. The fourth-order valence-electron chi connectivity index (χ4n) is 2.91. The maximum Gasteiger partial charge on any atom is 0.231 e. The van der Waals surface area contributed by atoms with Gasteiger partial charge in [-0.2, -0.15) is 0 Å². The van der Waals surface area contributed by atoms with Crippen molar-refractivity contribution in [2.24, 2.45) is 5.73 Å². The minimum Gasteiger partial charge on any atom is -0.454 e. The lowest BCUT2D eigenvalue weighted by molar-refractivity contribution is 0.174. The van der Waals surface area contributed by atoms with Crippen LogP contribution in [0.15, 0.2) is 60.7 Å². The van der Waals surface area contributed by atoms with Crippen LogP contribution >= 0.6 is 0 Å². The molecular formula is C19H18N2O2. The highest BCUT2D eigenvalue weighted by Gasteiger charge is 2.14. The molecular weight excluding hydrogens is 288 g/mol. The first-order chi connectivity index (χ1) is 11.3. The van der Waals surface area contributed by atoms with Gasteiger partial charge in [-0.3, -0.25) is 5.32 Å². The van der Waals surface area contributed by atoms with Gasteiger partial charge in [0.1, 0.15) is 0 Å². The van der Waals surface area contributed by atoms with Crippen LogP contribution in [0.3, 0.4) is 0 Å². The molecule has 1 unspecified atom stereocenters. The van der Waals surface area contributed by atoms with Crippen molar-refractivity contribution in [1.82, 2.24) is 5.32 Å². The molecule has 3 aromatic carbocycles. The summed E-state index contributed by atoms with van der Waals surface area (Å²) in [6.45, 7) is 0.961. The molecule has 0 saturated heterocycles. The molecule has 23 heavy (non-hydrogen) atoms. The number of rotatable bonds is 4. The summed E-state index contributed by atoms with van der Waals surface area (Å²) in [6, 6.07) is 20.4. The van der Waals surface area contributed by atoms with Gasteiger partial charge in [0.25, 0.3) is 0 Å². The molecule has 0 fully saturated rings. The van der Waals surface area contributed by atoms with Crippen LogP contribution in [0.4, 0.5) is 0 Å². The normalized spacial score (nSPS) is 14.1. The molecule has 0 bridgehead atoms. The second kappa shape index (κ2) is 5.91. The van der Waals surface area contributed by atoms with Gasteiger partial charge in [0.15, 0.2) is 11.5 Å². The van der Waals surface area contributed by atoms with Gasteiger partial charge in [-0.1, -0.05) is 48.5 Å². The van der Waals surface area contributed by atoms with Crippen LogP contribution in [-0.2, 0) is 6.54 Å². The van der Waals surface area contributed by atoms with Crippen molar-refractivity contribution in [2.45, 2.75) is 12.7 Å². The summed E-state index contributed by atoms with van der Waals surface area (Å²) < 4.78 is 10.7. The average Bonchev–Trinajstić information content (AvgIpc) is 3.07. The zero-order valence-corrected chi connectivity index (χ0v) is 12.7. The smallest absolute Gasteiger partial charge is 0.231 e. The third-order valence-corrected chi connectivity index (χ3v) is 4.12. The van der Waals surface area contributed by atoms with Crippen molar-refractivity contribution in [3.63, 3.8) is 0 Å². The van der Waals surface area contributed by atoms with E-state index >= 15 is 0 Å². The minimum atomic E-state index is -0.230. The predicted octanol–water partition coefficient (Wildman–Crippen LogP) is 3.32. The van der Waals surface area contributed by atoms with E-state index in [0.29, 0.717) is 13.3 Å². The molecule has 1 aliphatic heterocycles. The summed E-state index contributed by atoms with van der Waals surface area (Å²) in [4.78, 5) is 0. The summed E-state index contributed by atoms with van der Waals surface area (Å²) in [7, 11) is 0. The molecule has 0 aromatic heterocycles. The molecule has 4 nitrogen and oxygen atoms in total. The predicted molar refractivity (Wildman–Crippen MR) is 90.3 cm³/mol. The Kier molecular flexibility index (Phi) is 3.61. The topological polar surface area (TPSA) is 56.5 Å². The van der Waals surface area contributed by atoms with E-state index in [0.717, 1.165) is 22.6 Å². The molecule has 0 spiro atoms. The van der Waals surface area contributed by atoms with Gasteiger partial charge in [0.2, 0.25) is 6.79 Å². The van der Waals surface area contributed by atoms with Gasteiger partial charge in [0, 0.05) is 6.54 Å². The number of hydrogen-bond acceptors (Lipinski definition) is 4. The second-order valence-corrected chi connectivity index (χ2v) is 5.61. The summed E-state index contributed by atoms with van der Waals surface area (Å²) in [5, 5.41) is 5.76. The Bertz CT molecular complexity index is 842. The number of nitrogens with one attached hydrogen (secondary N) is 1. The van der Waals surface area contributed by atoms with Crippen molar-refractivity contribution in [3.05, 3.63) is 71.8 Å². The number of ether oxygens (including phenoxy) is 2. The SMILES string of the molecule is NC(NCc1ccc2c(c1)OCO2)c1cccc2ccccc12. The fraction of sp³-hybridized carbons (Fsp3) is 0.158. The van der Waals surface area contributed by atoms with Crippen LogP contribution in [0, 0.1) is 0 Å². The Morgan fingerprint density at radius 3 is 2.74 bits per heavy atom. The molecule has 3 aromatic rings. The van der Waals surface area contributed by atoms with Crippen LogP contribution in [0.25, 0.3) is 10.8 Å². The molecule has 1 heterocycles. The number of benzene rings is 3. The molecule has 3 N–H and O–H groups in total. The Labute approximate surface area is 134 Å². The van der Waals surface area contributed by atoms with E-state index in [9.17, 15) is 0 Å². The van der Waals surface area contributed by atoms with Gasteiger partial charge >= 0.3 is 0 Å². The highest BCUT2D eigenvalue weighted by atomic mass is 16.7. The summed E-state index contributed by atoms with van der Waals surface area (Å²) in [6.07, 6.45) is -0.230. The molecule has 116 valence electrons. The molecule has 0 aliphatic carbocycles. The van der Waals surface area contributed by atoms with Crippen molar-refractivity contribution in [1.29, 1.82) is 0 Å². The number of hydrogen-bond donors (Lipinski definition) is 2. The first kappa shape index (κ1) is 14.1. The highest BCUT2D eigenvalue weighted by molar-refractivity contribution is 5.86. The van der Waals surface area contributed by atoms with Crippen molar-refractivity contribution >= 4 is 10.8 Å². The van der Waals surface area contributed by atoms with E-state index in [1.165, 1.54) is 10.8 Å². The average molecular weight is 306 g/mol. The molecule has 4 heteroatoms. The van der Waals surface area contributed by atoms with Gasteiger partial charge in [-0.25, -0.2) is 0 Å². The first-order valence-electron chi connectivity index (χ1n) is 7.66. The summed E-state index contributed by atoms with van der Waals surface area (Å²) in [5.41, 5.74) is 8.57. The molecule has 0 saturated carbocycles. The van der Waals surface area contributed by atoms with E-state index in [-0.39, 0.29) is 6.17 Å². The van der Waals surface area contributed by atoms with Gasteiger partial charge in [0.05, 0.1) is 6.17 Å². The maximum atomic E-state index is 6.35. The van der Waals surface area contributed by atoms with Crippen LogP contribution in [0.2, 0.25) is 0 Å². The van der Waals surface area contributed by atoms with Crippen molar-refractivity contribution < 1.29 is 9.47 Å². The lowest BCUT2D eigenvalue weighted by Crippen LogP contribution is -2.28. The molecule has 4 rings (SSSR count). The standard InChI is InChI=1S/C19H18N2O2/c20-19(16-7-3-5-14-4-1-2-6-15(14)16)21-11-13-8-9-17-18(10-13)23-12-22-17/h1-10,19,21H,11-12,20H2. The second-order valence-electron chi connectivity index (χ2n) is 5.61. The van der Waals surface area contributed by atoms with E-state index in [4.69, 9.17) is 15.2 Å². The Morgan fingerprint density at radius 2 is 1.78 bits per heavy atom. The quantitative estimate of drug-likeness (QED) is 0.726. The van der Waals surface area contributed by atoms with Crippen LogP contribution < -0.4 is 20.5 Å². The summed E-state index contributed by atoms with van der Waals surface area (Å²) in [5.74, 6) is 1.59. The molecule has 1 aliphatic rings. The maximum absolute atomic E-state index is 6.35.